The minimum Gasteiger partial charge on any atom is -0.481 e. The van der Waals surface area contributed by atoms with Gasteiger partial charge in [-0.3, -0.25) is 24.0 Å². The maximum atomic E-state index is 12.6. The van der Waals surface area contributed by atoms with Gasteiger partial charge in [-0.2, -0.15) is 0 Å². The van der Waals surface area contributed by atoms with Crippen LogP contribution in [0.2, 0.25) is 0 Å². The van der Waals surface area contributed by atoms with E-state index in [1.165, 1.54) is 0 Å². The lowest BCUT2D eigenvalue weighted by Gasteiger charge is -2.21. The summed E-state index contributed by atoms with van der Waals surface area (Å²) in [6, 6.07) is 12.5. The Balaban J connectivity index is 1.98. The van der Waals surface area contributed by atoms with E-state index in [2.05, 4.69) is 10.6 Å². The van der Waals surface area contributed by atoms with Crippen LogP contribution in [0.5, 0.6) is 0 Å². The molecule has 3 amide bonds. The van der Waals surface area contributed by atoms with Crippen molar-refractivity contribution >= 4 is 35.3 Å². The normalized spacial score (nSPS) is 12.2. The van der Waals surface area contributed by atoms with Gasteiger partial charge < -0.3 is 32.3 Å². The number of benzene rings is 2. The Morgan fingerprint density at radius 3 is 1.94 bits per heavy atom. The van der Waals surface area contributed by atoms with Gasteiger partial charge in [-0.25, -0.2) is 0 Å². The topological polar surface area (TPSA) is 202 Å². The molecule has 0 bridgehead atoms. The van der Waals surface area contributed by atoms with Crippen LogP contribution in [0.15, 0.2) is 48.5 Å². The summed E-state index contributed by atoms with van der Waals surface area (Å²) in [7, 11) is 0. The summed E-state index contributed by atoms with van der Waals surface area (Å²) >= 11 is 0. The third kappa shape index (κ3) is 9.45. The Bertz CT molecular complexity index is 1100. The summed E-state index contributed by atoms with van der Waals surface area (Å²) in [6.45, 7) is 0. The number of nitrogens with one attached hydrogen (secondary N) is 2. The van der Waals surface area contributed by atoms with Gasteiger partial charge in [0.2, 0.25) is 17.7 Å². The minimum atomic E-state index is -1.27. The van der Waals surface area contributed by atoms with E-state index in [0.29, 0.717) is 12.1 Å². The van der Waals surface area contributed by atoms with Gasteiger partial charge in [0.25, 0.3) is 0 Å². The molecule has 36 heavy (non-hydrogen) atoms. The Morgan fingerprint density at radius 1 is 0.778 bits per heavy atom. The highest BCUT2D eigenvalue weighted by atomic mass is 16.4. The number of nitrogen functional groups attached to an aromatic ring is 1. The van der Waals surface area contributed by atoms with Gasteiger partial charge >= 0.3 is 11.9 Å². The second-order valence-electron chi connectivity index (χ2n) is 8.27. The van der Waals surface area contributed by atoms with E-state index in [-0.39, 0.29) is 19.3 Å². The van der Waals surface area contributed by atoms with Crippen molar-refractivity contribution in [3.8, 4) is 11.1 Å². The molecule has 192 valence electrons. The number of carbonyl (C=O) groups excluding carboxylic acids is 3. The van der Waals surface area contributed by atoms with Crippen molar-refractivity contribution < 1.29 is 34.2 Å². The lowest BCUT2D eigenvalue weighted by atomic mass is 10.0. The molecule has 11 nitrogen and oxygen atoms in total. The number of aliphatic carboxylic acids is 2. The van der Waals surface area contributed by atoms with Crippen molar-refractivity contribution in [2.45, 2.75) is 50.6 Å². The first-order chi connectivity index (χ1) is 17.0. The predicted molar refractivity (Wildman–Crippen MR) is 131 cm³/mol. The summed E-state index contributed by atoms with van der Waals surface area (Å²) in [5.74, 6) is -4.58. The Kier molecular flexibility index (Phi) is 10.4. The average molecular weight is 499 g/mol. The molecule has 0 aliphatic heterocycles. The van der Waals surface area contributed by atoms with E-state index in [4.69, 9.17) is 21.7 Å². The van der Waals surface area contributed by atoms with Crippen LogP contribution in [0.1, 0.15) is 37.7 Å². The summed E-state index contributed by atoms with van der Waals surface area (Å²) < 4.78 is 0. The molecule has 1 unspecified atom stereocenters. The van der Waals surface area contributed by atoms with Crippen molar-refractivity contribution in [3.63, 3.8) is 0 Å². The number of anilines is 1. The van der Waals surface area contributed by atoms with Gasteiger partial charge in [0.15, 0.2) is 0 Å². The number of carboxylic acid groups (broad SMARTS) is 2. The van der Waals surface area contributed by atoms with Gasteiger partial charge in [0.1, 0.15) is 12.1 Å². The molecule has 0 radical (unpaired) electrons. The second-order valence-corrected chi connectivity index (χ2v) is 8.27. The van der Waals surface area contributed by atoms with Crippen molar-refractivity contribution in [1.29, 1.82) is 0 Å². The summed E-state index contributed by atoms with van der Waals surface area (Å²) in [6.07, 6.45) is -0.851. The standard InChI is InChI=1S/C25H30N4O7/c26-18-3-1-2-17(14-18)16-7-4-15(5-8-16)6-11-21(30)28-20(10-13-23(33)34)25(36)29-19(24(27)35)9-12-22(31)32/h1-5,7-8,14,19-20H,6,9-13,26H2,(H2,27,35)(H,28,30)(H,29,36)(H,31,32)(H,33,34)/t19?,20-/m0/s1. The fourth-order valence-electron chi connectivity index (χ4n) is 3.47. The van der Waals surface area contributed by atoms with E-state index in [1.54, 1.807) is 6.07 Å². The zero-order chi connectivity index (χ0) is 26.7. The third-order valence-electron chi connectivity index (χ3n) is 5.42. The largest absolute Gasteiger partial charge is 0.481 e. The number of amides is 3. The quantitative estimate of drug-likeness (QED) is 0.207. The molecule has 11 heteroatoms. The first kappa shape index (κ1) is 27.8. The van der Waals surface area contributed by atoms with Crippen LogP contribution in [0, 0.1) is 0 Å². The molecule has 2 rings (SSSR count). The van der Waals surface area contributed by atoms with Crippen LogP contribution in [0.4, 0.5) is 5.69 Å². The van der Waals surface area contributed by atoms with E-state index >= 15 is 0 Å². The number of rotatable bonds is 14. The molecule has 0 heterocycles. The maximum Gasteiger partial charge on any atom is 0.303 e. The fourth-order valence-corrected chi connectivity index (χ4v) is 3.47. The van der Waals surface area contributed by atoms with Crippen molar-refractivity contribution in [1.82, 2.24) is 10.6 Å². The molecule has 0 aliphatic rings. The number of hydrogen-bond donors (Lipinski definition) is 6. The molecule has 0 aromatic heterocycles. The van der Waals surface area contributed by atoms with E-state index in [1.807, 2.05) is 42.5 Å². The molecule has 0 saturated carbocycles. The third-order valence-corrected chi connectivity index (χ3v) is 5.42. The molecule has 0 spiro atoms. The highest BCUT2D eigenvalue weighted by Crippen LogP contribution is 2.22. The van der Waals surface area contributed by atoms with Gasteiger partial charge in [0.05, 0.1) is 0 Å². The zero-order valence-corrected chi connectivity index (χ0v) is 19.6. The molecular formula is C25H30N4O7. The van der Waals surface area contributed by atoms with Crippen molar-refractivity contribution in [3.05, 3.63) is 54.1 Å². The van der Waals surface area contributed by atoms with Gasteiger partial charge in [-0.05, 0) is 48.1 Å². The highest BCUT2D eigenvalue weighted by molar-refractivity contribution is 5.92. The van der Waals surface area contributed by atoms with Crippen LogP contribution >= 0.6 is 0 Å². The summed E-state index contributed by atoms with van der Waals surface area (Å²) in [4.78, 5) is 58.5. The molecule has 2 aromatic carbocycles. The van der Waals surface area contributed by atoms with Crippen LogP contribution in [0.3, 0.4) is 0 Å². The zero-order valence-electron chi connectivity index (χ0n) is 19.6. The van der Waals surface area contributed by atoms with Crippen LogP contribution in [-0.4, -0.2) is 52.0 Å². The number of aryl methyl sites for hydroxylation is 1. The maximum absolute atomic E-state index is 12.6. The lowest BCUT2D eigenvalue weighted by molar-refractivity contribution is -0.139. The molecule has 8 N–H and O–H groups in total. The number of nitrogens with two attached hydrogens (primary N) is 2. The molecular weight excluding hydrogens is 468 g/mol. The highest BCUT2D eigenvalue weighted by Gasteiger charge is 2.26. The molecule has 2 atom stereocenters. The number of hydrogen-bond acceptors (Lipinski definition) is 6. The molecule has 2 aromatic rings. The Labute approximate surface area is 207 Å². The second kappa shape index (κ2) is 13.5. The summed E-state index contributed by atoms with van der Waals surface area (Å²) in [5.41, 5.74) is 14.5. The Hall–Kier alpha value is -4.41. The molecule has 0 fully saturated rings. The molecule has 0 saturated heterocycles. The number of primary amides is 1. The van der Waals surface area contributed by atoms with Gasteiger partial charge in [-0.1, -0.05) is 36.4 Å². The van der Waals surface area contributed by atoms with Gasteiger partial charge in [0, 0.05) is 24.9 Å². The monoisotopic (exact) mass is 498 g/mol. The summed E-state index contributed by atoms with van der Waals surface area (Å²) in [5, 5.41) is 22.6. The van der Waals surface area contributed by atoms with E-state index in [0.717, 1.165) is 16.7 Å². The molecule has 0 aliphatic carbocycles. The SMILES string of the molecule is NC(=O)C(CCC(=O)O)NC(=O)[C@H](CCC(=O)O)NC(=O)CCc1ccc(-c2cccc(N)c2)cc1. The van der Waals surface area contributed by atoms with Crippen LogP contribution in [-0.2, 0) is 30.4 Å². The van der Waals surface area contributed by atoms with Gasteiger partial charge in [-0.15, -0.1) is 0 Å². The fraction of sp³-hybridized carbons (Fsp3) is 0.320. The first-order valence-corrected chi connectivity index (χ1v) is 11.3. The van der Waals surface area contributed by atoms with Crippen molar-refractivity contribution in [2.24, 2.45) is 5.73 Å². The first-order valence-electron chi connectivity index (χ1n) is 11.3. The van der Waals surface area contributed by atoms with E-state index in [9.17, 15) is 24.0 Å². The Morgan fingerprint density at radius 2 is 1.39 bits per heavy atom. The van der Waals surface area contributed by atoms with Crippen molar-refractivity contribution in [2.75, 3.05) is 5.73 Å². The van der Waals surface area contributed by atoms with Crippen LogP contribution in [0.25, 0.3) is 11.1 Å². The minimum absolute atomic E-state index is 0.0345. The number of carboxylic acids is 2. The predicted octanol–water partition coefficient (Wildman–Crippen LogP) is 1.05. The smallest absolute Gasteiger partial charge is 0.303 e. The van der Waals surface area contributed by atoms with E-state index < -0.39 is 54.6 Å². The lowest BCUT2D eigenvalue weighted by Crippen LogP contribution is -2.53. The number of carbonyl (C=O) groups is 5. The van der Waals surface area contributed by atoms with Crippen LogP contribution < -0.4 is 22.1 Å². The average Bonchev–Trinajstić information content (AvgIpc) is 2.82.